The Kier molecular flexibility index (Phi) is 9.51. The predicted molar refractivity (Wildman–Crippen MR) is 84.9 cm³/mol. The van der Waals surface area contributed by atoms with E-state index in [4.69, 9.17) is 0 Å². The highest BCUT2D eigenvalue weighted by Crippen LogP contribution is 2.10. The van der Waals surface area contributed by atoms with E-state index in [-0.39, 0.29) is 0 Å². The van der Waals surface area contributed by atoms with Crippen molar-refractivity contribution in [3.8, 4) is 0 Å². The van der Waals surface area contributed by atoms with E-state index in [1.54, 1.807) is 0 Å². The molecule has 19 heavy (non-hydrogen) atoms. The minimum Gasteiger partial charge on any atom is -0.301 e. The lowest BCUT2D eigenvalue weighted by atomic mass is 10.1. The lowest BCUT2D eigenvalue weighted by molar-refractivity contribution is 0.102. The molecule has 1 rings (SSSR count). The average Bonchev–Trinajstić information content (AvgIpc) is 2.46. The monoisotopic (exact) mass is 276 g/mol. The summed E-state index contributed by atoms with van der Waals surface area (Å²) in [5.41, 5.74) is 4.20. The molecule has 0 atom stereocenters. The fourth-order valence-corrected chi connectivity index (χ4v) is 3.95. The van der Waals surface area contributed by atoms with Crippen molar-refractivity contribution in [2.45, 2.75) is 71.1 Å². The summed E-state index contributed by atoms with van der Waals surface area (Å²) in [6, 6.07) is 6.03. The summed E-state index contributed by atoms with van der Waals surface area (Å²) in [5, 5.41) is 0.480. The second kappa shape index (κ2) is 11.1. The maximum Gasteiger partial charge on any atom is 0.134 e. The van der Waals surface area contributed by atoms with Crippen molar-refractivity contribution >= 4 is 13.8 Å². The van der Waals surface area contributed by atoms with Crippen LogP contribution in [-0.2, 0) is 0 Å². The van der Waals surface area contributed by atoms with Gasteiger partial charge in [0.15, 0.2) is 0 Å². The lowest BCUT2D eigenvalue weighted by Gasteiger charge is -2.02. The Morgan fingerprint density at radius 3 is 1.89 bits per heavy atom. The molecular formula is C17H28OSi. The molecule has 0 radical (unpaired) electrons. The van der Waals surface area contributed by atoms with Crippen molar-refractivity contribution in [1.29, 1.82) is 0 Å². The summed E-state index contributed by atoms with van der Waals surface area (Å²) in [6.45, 7) is 2.26. The van der Waals surface area contributed by atoms with Crippen LogP contribution in [0.25, 0.3) is 0 Å². The fourth-order valence-electron chi connectivity index (χ4n) is 2.36. The number of carbonyl (C=O) groups is 1. The van der Waals surface area contributed by atoms with Crippen LogP contribution in [0.1, 0.15) is 75.9 Å². The van der Waals surface area contributed by atoms with Crippen LogP contribution >= 0.6 is 0 Å². The molecule has 0 saturated heterocycles. The minimum atomic E-state index is -0.964. The van der Waals surface area contributed by atoms with Gasteiger partial charge in [-0.05, 0) is 6.42 Å². The summed E-state index contributed by atoms with van der Waals surface area (Å²) < 4.78 is 0. The molecule has 0 aliphatic rings. The molecule has 0 unspecified atom stereocenters. The van der Waals surface area contributed by atoms with Crippen molar-refractivity contribution in [2.24, 2.45) is 0 Å². The van der Waals surface area contributed by atoms with Gasteiger partial charge < -0.3 is 4.79 Å². The third-order valence-electron chi connectivity index (χ3n) is 3.60. The Bertz CT molecular complexity index is 334. The number of hydrogen-bond donors (Lipinski definition) is 0. The van der Waals surface area contributed by atoms with Gasteiger partial charge in [0.05, 0.1) is 0 Å². The Morgan fingerprint density at radius 1 is 0.789 bits per heavy atom. The van der Waals surface area contributed by atoms with Gasteiger partial charge in [0.25, 0.3) is 0 Å². The van der Waals surface area contributed by atoms with Gasteiger partial charge in [-0.15, -0.1) is 0 Å². The summed E-state index contributed by atoms with van der Waals surface area (Å²) in [7, 11) is -0.964. The molecule has 1 aromatic heterocycles. The first-order chi connectivity index (χ1) is 9.34. The number of unbranched alkanes of at least 4 members (excludes halogenated alkanes) is 8. The molecule has 1 aromatic rings. The fraction of sp³-hybridized carbons (Fsp3) is 0.647. The van der Waals surface area contributed by atoms with Crippen LogP contribution in [0, 0.1) is 0 Å². The summed E-state index contributed by atoms with van der Waals surface area (Å²) in [5.74, 6) is 0. The van der Waals surface area contributed by atoms with Crippen LogP contribution in [0.4, 0.5) is 0 Å². The maximum atomic E-state index is 11.9. The molecule has 0 aromatic carbocycles. The van der Waals surface area contributed by atoms with Gasteiger partial charge in [0.1, 0.15) is 13.8 Å². The van der Waals surface area contributed by atoms with Crippen LogP contribution in [0.2, 0.25) is 0 Å². The van der Waals surface area contributed by atoms with Gasteiger partial charge in [-0.25, -0.2) is 0 Å². The van der Waals surface area contributed by atoms with Crippen molar-refractivity contribution in [2.75, 3.05) is 0 Å². The molecule has 0 amide bonds. The SMILES string of the molecule is CCCCCCCCCCCC(=O)[si]1ccccc1. The quantitative estimate of drug-likeness (QED) is 0.397. The predicted octanol–water partition coefficient (Wildman–Crippen LogP) is 5.27. The van der Waals surface area contributed by atoms with Gasteiger partial charge in [-0.3, -0.25) is 0 Å². The molecule has 0 bridgehead atoms. The van der Waals surface area contributed by atoms with E-state index >= 15 is 0 Å². The molecule has 0 spiro atoms. The van der Waals surface area contributed by atoms with Gasteiger partial charge in [-0.2, -0.15) is 0 Å². The normalized spacial score (nSPS) is 10.6. The first-order valence-electron chi connectivity index (χ1n) is 7.93. The van der Waals surface area contributed by atoms with Crippen LogP contribution in [0.15, 0.2) is 29.6 Å². The van der Waals surface area contributed by atoms with Crippen molar-refractivity contribution in [3.63, 3.8) is 0 Å². The van der Waals surface area contributed by atoms with Gasteiger partial charge >= 0.3 is 0 Å². The molecule has 0 fully saturated rings. The van der Waals surface area contributed by atoms with Crippen LogP contribution in [0.5, 0.6) is 0 Å². The average molecular weight is 276 g/mol. The molecule has 0 aliphatic carbocycles. The Hall–Kier alpha value is -0.763. The third kappa shape index (κ3) is 8.09. The highest BCUT2D eigenvalue weighted by molar-refractivity contribution is 6.83. The topological polar surface area (TPSA) is 17.1 Å². The standard InChI is InChI=1S/C17H28OSi/c1-2-3-4-5-6-7-8-9-11-14-17(18)19-15-12-10-13-16-19/h10,12-13,15-16H,2-9,11,14H2,1H3. The van der Waals surface area contributed by atoms with Crippen molar-refractivity contribution in [3.05, 3.63) is 29.6 Å². The lowest BCUT2D eigenvalue weighted by Crippen LogP contribution is -2.10. The van der Waals surface area contributed by atoms with Gasteiger partial charge in [0, 0.05) is 6.42 Å². The third-order valence-corrected chi connectivity index (χ3v) is 5.60. The van der Waals surface area contributed by atoms with E-state index < -0.39 is 8.40 Å². The van der Waals surface area contributed by atoms with Crippen molar-refractivity contribution in [1.82, 2.24) is 0 Å². The van der Waals surface area contributed by atoms with E-state index in [0.717, 1.165) is 12.8 Å². The highest BCUT2D eigenvalue weighted by atomic mass is 28.2. The Labute approximate surface area is 120 Å². The van der Waals surface area contributed by atoms with E-state index in [2.05, 4.69) is 18.3 Å². The minimum absolute atomic E-state index is 0.480. The van der Waals surface area contributed by atoms with Gasteiger partial charge in [-0.1, -0.05) is 87.8 Å². The maximum absolute atomic E-state index is 11.9. The summed E-state index contributed by atoms with van der Waals surface area (Å²) >= 11 is 0. The highest BCUT2D eigenvalue weighted by Gasteiger charge is 2.04. The largest absolute Gasteiger partial charge is 0.301 e. The zero-order valence-corrected chi connectivity index (χ0v) is 13.4. The molecule has 0 aliphatic heterocycles. The zero-order valence-electron chi connectivity index (χ0n) is 12.4. The molecule has 0 N–H and O–H groups in total. The molecule has 0 saturated carbocycles. The van der Waals surface area contributed by atoms with Crippen LogP contribution in [0.3, 0.4) is 0 Å². The van der Waals surface area contributed by atoms with E-state index in [1.807, 2.05) is 18.2 Å². The summed E-state index contributed by atoms with van der Waals surface area (Å²) in [6.07, 6.45) is 12.7. The Balaban J connectivity index is 1.95. The van der Waals surface area contributed by atoms with Crippen LogP contribution < -0.4 is 0 Å². The smallest absolute Gasteiger partial charge is 0.134 e. The van der Waals surface area contributed by atoms with Crippen molar-refractivity contribution < 1.29 is 4.79 Å². The zero-order chi connectivity index (χ0) is 13.8. The van der Waals surface area contributed by atoms with E-state index in [1.165, 1.54) is 51.4 Å². The van der Waals surface area contributed by atoms with Crippen LogP contribution in [-0.4, -0.2) is 13.8 Å². The Morgan fingerprint density at radius 2 is 1.32 bits per heavy atom. The van der Waals surface area contributed by atoms with E-state index in [9.17, 15) is 4.79 Å². The number of rotatable bonds is 11. The summed E-state index contributed by atoms with van der Waals surface area (Å²) in [4.78, 5) is 11.9. The molecule has 1 heterocycles. The molecule has 1 nitrogen and oxygen atoms in total. The molecule has 106 valence electrons. The second-order valence-corrected chi connectivity index (χ2v) is 7.50. The van der Waals surface area contributed by atoms with E-state index in [0.29, 0.717) is 5.41 Å². The molecule has 2 heteroatoms. The number of carbonyl (C=O) groups excluding carboxylic acids is 1. The van der Waals surface area contributed by atoms with Gasteiger partial charge in [0.2, 0.25) is 0 Å². The first-order valence-corrected chi connectivity index (χ1v) is 9.58. The number of hydrogen-bond acceptors (Lipinski definition) is 1. The molecular weight excluding hydrogens is 248 g/mol. The second-order valence-electron chi connectivity index (χ2n) is 5.37. The first kappa shape index (κ1) is 16.3.